The predicted octanol–water partition coefficient (Wildman–Crippen LogP) is 3.95. The third kappa shape index (κ3) is 2.34. The molecule has 6 nitrogen and oxygen atoms in total. The van der Waals surface area contributed by atoms with Gasteiger partial charge < -0.3 is 9.15 Å². The van der Waals surface area contributed by atoms with E-state index in [1.54, 1.807) is 24.3 Å². The zero-order valence-electron chi connectivity index (χ0n) is 10.7. The maximum Gasteiger partial charge on any atom is 0.290 e. The minimum Gasteiger partial charge on any atom is -0.425 e. The number of carbonyl (C=O) groups excluding carboxylic acids is 1. The van der Waals surface area contributed by atoms with Crippen LogP contribution in [0.1, 0.15) is 10.6 Å². The summed E-state index contributed by atoms with van der Waals surface area (Å²) in [5.41, 5.74) is 0.00553. The molecule has 2 aromatic carbocycles. The van der Waals surface area contributed by atoms with Crippen LogP contribution >= 0.6 is 0 Å². The first-order valence-corrected chi connectivity index (χ1v) is 6.08. The first-order valence-electron chi connectivity index (χ1n) is 6.08. The smallest absolute Gasteiger partial charge is 0.290 e. The molecule has 3 rings (SSSR count). The number of hydrogen-bond donors (Lipinski definition) is 0. The molecule has 0 saturated carbocycles. The Labute approximate surface area is 118 Å². The molecule has 0 fully saturated rings. The van der Waals surface area contributed by atoms with Crippen LogP contribution in [0.4, 0.5) is 5.69 Å². The van der Waals surface area contributed by atoms with Gasteiger partial charge in [0.05, 0.1) is 10.3 Å². The molecule has 0 N–H and O–H groups in total. The van der Waals surface area contributed by atoms with Crippen molar-refractivity contribution >= 4 is 22.7 Å². The van der Waals surface area contributed by atoms with Gasteiger partial charge in [-0.1, -0.05) is 18.2 Å². The molecular weight excluding hydrogens is 274 g/mol. The molecule has 0 aliphatic rings. The summed E-state index contributed by atoms with van der Waals surface area (Å²) < 4.78 is 10.7. The lowest BCUT2D eigenvalue weighted by Gasteiger charge is -2.06. The molecule has 0 amide bonds. The van der Waals surface area contributed by atoms with E-state index in [0.717, 1.165) is 0 Å². The van der Waals surface area contributed by atoms with Crippen LogP contribution in [0.2, 0.25) is 0 Å². The van der Waals surface area contributed by atoms with Gasteiger partial charge >= 0.3 is 0 Å². The lowest BCUT2D eigenvalue weighted by atomic mass is 10.1. The van der Waals surface area contributed by atoms with E-state index in [9.17, 15) is 14.9 Å². The Kier molecular flexibility index (Phi) is 3.12. The van der Waals surface area contributed by atoms with Crippen LogP contribution < -0.4 is 4.74 Å². The van der Waals surface area contributed by atoms with Crippen molar-refractivity contribution in [2.24, 2.45) is 0 Å². The van der Waals surface area contributed by atoms with Crippen LogP contribution in [0.5, 0.6) is 11.7 Å². The molecule has 0 radical (unpaired) electrons. The van der Waals surface area contributed by atoms with E-state index in [0.29, 0.717) is 22.8 Å². The monoisotopic (exact) mass is 283 g/mol. The first-order chi connectivity index (χ1) is 10.2. The van der Waals surface area contributed by atoms with Crippen molar-refractivity contribution in [1.82, 2.24) is 0 Å². The number of nitrogens with zero attached hydrogens (tertiary/aromatic N) is 1. The van der Waals surface area contributed by atoms with Crippen molar-refractivity contribution in [2.45, 2.75) is 0 Å². The van der Waals surface area contributed by atoms with Gasteiger partial charge in [-0.2, -0.15) is 0 Å². The maximum absolute atomic E-state index is 11.0. The fourth-order valence-corrected chi connectivity index (χ4v) is 2.06. The molecule has 0 aliphatic heterocycles. The van der Waals surface area contributed by atoms with Gasteiger partial charge in [-0.15, -0.1) is 0 Å². The largest absolute Gasteiger partial charge is 0.425 e. The number of hydrogen-bond acceptors (Lipinski definition) is 5. The number of rotatable bonds is 4. The standard InChI is InChI=1S/C15H9NO5/c17-9-10-5-8-15(20-10)21-14-7-6-13(16(18)19)11-3-1-2-4-12(11)14/h1-9H. The van der Waals surface area contributed by atoms with Crippen LogP contribution in [0, 0.1) is 10.1 Å². The van der Waals surface area contributed by atoms with Gasteiger partial charge in [-0.25, -0.2) is 0 Å². The molecular formula is C15H9NO5. The van der Waals surface area contributed by atoms with Gasteiger partial charge in [0.1, 0.15) is 5.75 Å². The fraction of sp³-hybridized carbons (Fsp3) is 0. The van der Waals surface area contributed by atoms with Gasteiger partial charge in [0.2, 0.25) is 0 Å². The Bertz CT molecular complexity index is 837. The molecule has 1 heterocycles. The van der Waals surface area contributed by atoms with Crippen LogP contribution in [-0.4, -0.2) is 11.2 Å². The summed E-state index contributed by atoms with van der Waals surface area (Å²) in [5.74, 6) is 0.718. The summed E-state index contributed by atoms with van der Waals surface area (Å²) >= 11 is 0. The van der Waals surface area contributed by atoms with Crippen LogP contribution in [-0.2, 0) is 0 Å². The normalized spacial score (nSPS) is 10.5. The van der Waals surface area contributed by atoms with Gasteiger partial charge in [0.25, 0.3) is 11.6 Å². The van der Waals surface area contributed by atoms with Crippen LogP contribution in [0.25, 0.3) is 10.8 Å². The summed E-state index contributed by atoms with van der Waals surface area (Å²) in [6.07, 6.45) is 0.570. The van der Waals surface area contributed by atoms with Crippen molar-refractivity contribution in [3.63, 3.8) is 0 Å². The molecule has 6 heteroatoms. The third-order valence-electron chi connectivity index (χ3n) is 2.99. The van der Waals surface area contributed by atoms with Crippen LogP contribution in [0.15, 0.2) is 52.9 Å². The quantitative estimate of drug-likeness (QED) is 0.411. The highest BCUT2D eigenvalue weighted by molar-refractivity contribution is 5.95. The second-order valence-electron chi connectivity index (χ2n) is 4.26. The average molecular weight is 283 g/mol. The number of furan rings is 1. The summed E-state index contributed by atoms with van der Waals surface area (Å²) in [6, 6.07) is 12.7. The summed E-state index contributed by atoms with van der Waals surface area (Å²) in [7, 11) is 0. The Morgan fingerprint density at radius 2 is 1.81 bits per heavy atom. The SMILES string of the molecule is O=Cc1ccc(Oc2ccc([N+](=O)[O-])c3ccccc23)o1. The van der Waals surface area contributed by atoms with Gasteiger partial charge in [0, 0.05) is 17.5 Å². The molecule has 21 heavy (non-hydrogen) atoms. The highest BCUT2D eigenvalue weighted by Gasteiger charge is 2.15. The average Bonchev–Trinajstić information content (AvgIpc) is 2.95. The number of nitro benzene ring substituents is 1. The van der Waals surface area contributed by atoms with Gasteiger partial charge in [-0.3, -0.25) is 14.9 Å². The maximum atomic E-state index is 11.0. The van der Waals surface area contributed by atoms with E-state index >= 15 is 0 Å². The minimum absolute atomic E-state index is 0.00553. The molecule has 0 saturated heterocycles. The number of non-ortho nitro benzene ring substituents is 1. The number of nitro groups is 1. The van der Waals surface area contributed by atoms with Crippen LogP contribution in [0.3, 0.4) is 0 Å². The Morgan fingerprint density at radius 3 is 2.48 bits per heavy atom. The minimum atomic E-state index is -0.441. The van der Waals surface area contributed by atoms with Gasteiger partial charge in [0.15, 0.2) is 12.0 Å². The Hall–Kier alpha value is -3.15. The van der Waals surface area contributed by atoms with E-state index in [1.807, 2.05) is 0 Å². The van der Waals surface area contributed by atoms with E-state index in [1.165, 1.54) is 24.3 Å². The van der Waals surface area contributed by atoms with E-state index in [-0.39, 0.29) is 17.4 Å². The van der Waals surface area contributed by atoms with E-state index < -0.39 is 4.92 Å². The summed E-state index contributed by atoms with van der Waals surface area (Å²) in [4.78, 5) is 21.2. The second-order valence-corrected chi connectivity index (χ2v) is 4.26. The van der Waals surface area contributed by atoms with Crippen molar-refractivity contribution in [3.05, 3.63) is 64.4 Å². The Balaban J connectivity index is 2.09. The number of benzene rings is 2. The zero-order valence-corrected chi connectivity index (χ0v) is 10.7. The second kappa shape index (κ2) is 5.09. The highest BCUT2D eigenvalue weighted by Crippen LogP contribution is 2.35. The number of carbonyl (C=O) groups is 1. The molecule has 0 bridgehead atoms. The molecule has 0 unspecified atom stereocenters. The fourth-order valence-electron chi connectivity index (χ4n) is 2.06. The van der Waals surface area contributed by atoms with Crippen molar-refractivity contribution in [1.29, 1.82) is 0 Å². The zero-order chi connectivity index (χ0) is 14.8. The topological polar surface area (TPSA) is 82.6 Å². The molecule has 1 aromatic heterocycles. The lowest BCUT2D eigenvalue weighted by Crippen LogP contribution is -1.91. The molecule has 0 aliphatic carbocycles. The number of fused-ring (bicyclic) bond motifs is 1. The summed E-state index contributed by atoms with van der Waals surface area (Å²) in [5, 5.41) is 12.1. The Morgan fingerprint density at radius 1 is 1.05 bits per heavy atom. The molecule has 0 spiro atoms. The van der Waals surface area contributed by atoms with E-state index in [4.69, 9.17) is 9.15 Å². The molecule has 3 aromatic rings. The number of aldehydes is 1. The summed E-state index contributed by atoms with van der Waals surface area (Å²) in [6.45, 7) is 0. The van der Waals surface area contributed by atoms with Crippen molar-refractivity contribution in [2.75, 3.05) is 0 Å². The van der Waals surface area contributed by atoms with E-state index in [2.05, 4.69) is 0 Å². The molecule has 104 valence electrons. The molecule has 0 atom stereocenters. The van der Waals surface area contributed by atoms with Gasteiger partial charge in [-0.05, 0) is 18.2 Å². The van der Waals surface area contributed by atoms with Crippen molar-refractivity contribution < 1.29 is 18.9 Å². The number of ether oxygens (including phenoxy) is 1. The predicted molar refractivity (Wildman–Crippen MR) is 74.8 cm³/mol. The highest BCUT2D eigenvalue weighted by atomic mass is 16.6. The lowest BCUT2D eigenvalue weighted by molar-refractivity contribution is -0.383. The van der Waals surface area contributed by atoms with Crippen molar-refractivity contribution in [3.8, 4) is 11.7 Å². The first kappa shape index (κ1) is 12.9. The third-order valence-corrected chi connectivity index (χ3v) is 2.99.